The van der Waals surface area contributed by atoms with E-state index in [1.165, 1.54) is 35.6 Å². The summed E-state index contributed by atoms with van der Waals surface area (Å²) in [6.07, 6.45) is 3.51. The number of rotatable bonds is 3. The fourth-order valence-electron chi connectivity index (χ4n) is 4.41. The maximum absolute atomic E-state index is 14.3. The lowest BCUT2D eigenvalue weighted by atomic mass is 9.85. The zero-order valence-corrected chi connectivity index (χ0v) is 16.1. The van der Waals surface area contributed by atoms with Gasteiger partial charge in [-0.3, -0.25) is 4.90 Å². The number of nitriles is 1. The third kappa shape index (κ3) is 3.67. The zero-order valence-electron chi connectivity index (χ0n) is 15.3. The number of aryl methyl sites for hydroxylation is 1. The topological polar surface area (TPSA) is 30.3 Å². The molecule has 27 heavy (non-hydrogen) atoms. The summed E-state index contributed by atoms with van der Waals surface area (Å²) in [7, 11) is 0. The molecule has 0 bridgehead atoms. The maximum atomic E-state index is 14.3. The second kappa shape index (κ2) is 7.88. The van der Waals surface area contributed by atoms with Crippen molar-refractivity contribution in [2.75, 3.05) is 31.1 Å². The van der Waals surface area contributed by atoms with Crippen LogP contribution in [-0.2, 0) is 12.3 Å². The summed E-state index contributed by atoms with van der Waals surface area (Å²) in [5, 5.41) is 8.91. The second-order valence-corrected chi connectivity index (χ2v) is 7.64. The molecule has 0 saturated carbocycles. The molecule has 140 valence electrons. The summed E-state index contributed by atoms with van der Waals surface area (Å²) in [5.41, 5.74) is 5.03. The number of anilines is 1. The molecule has 5 heteroatoms. The summed E-state index contributed by atoms with van der Waals surface area (Å²) < 4.78 is 14.3. The summed E-state index contributed by atoms with van der Waals surface area (Å²) >= 11 is 6.00. The smallest absolute Gasteiger partial charge is 0.147 e. The molecule has 2 aromatic rings. The standard InChI is InChI=1S/C22H23ClFN3/c23-14-16-4-6-19-18(12-16)2-1-3-21(19)26-8-10-27(11-9-26)22-7-5-17(15-25)13-20(22)24/h4-7,12-13,21H,1-3,8-11,14H2/t21-/m0/s1. The fourth-order valence-corrected chi connectivity index (χ4v) is 4.58. The number of halogens is 2. The molecule has 1 heterocycles. The van der Waals surface area contributed by atoms with E-state index in [1.54, 1.807) is 12.1 Å². The lowest BCUT2D eigenvalue weighted by molar-refractivity contribution is 0.168. The van der Waals surface area contributed by atoms with E-state index in [0.29, 0.717) is 23.2 Å². The minimum atomic E-state index is -0.306. The van der Waals surface area contributed by atoms with Gasteiger partial charge in [-0.05, 0) is 54.2 Å². The van der Waals surface area contributed by atoms with E-state index in [1.807, 2.05) is 6.07 Å². The molecule has 2 aromatic carbocycles. The molecule has 1 aliphatic heterocycles. The second-order valence-electron chi connectivity index (χ2n) is 7.38. The van der Waals surface area contributed by atoms with Gasteiger partial charge in [-0.1, -0.05) is 18.2 Å². The summed E-state index contributed by atoms with van der Waals surface area (Å²) in [5.74, 6) is 0.256. The zero-order chi connectivity index (χ0) is 18.8. The number of fused-ring (bicyclic) bond motifs is 1. The molecule has 1 fully saturated rings. The van der Waals surface area contributed by atoms with Crippen LogP contribution in [0.1, 0.15) is 41.1 Å². The molecule has 4 rings (SSSR count). The van der Waals surface area contributed by atoms with E-state index >= 15 is 0 Å². The first-order chi connectivity index (χ1) is 13.2. The van der Waals surface area contributed by atoms with Gasteiger partial charge in [0.25, 0.3) is 0 Å². The van der Waals surface area contributed by atoms with Crippen molar-refractivity contribution in [1.82, 2.24) is 4.90 Å². The molecular weight excluding hydrogens is 361 g/mol. The first-order valence-corrected chi connectivity index (χ1v) is 10.1. The molecule has 0 radical (unpaired) electrons. The average molecular weight is 384 g/mol. The number of hydrogen-bond acceptors (Lipinski definition) is 3. The minimum Gasteiger partial charge on any atom is -0.367 e. The molecule has 3 nitrogen and oxygen atoms in total. The highest BCUT2D eigenvalue weighted by molar-refractivity contribution is 6.17. The number of nitrogens with zero attached hydrogens (tertiary/aromatic N) is 3. The predicted molar refractivity (Wildman–Crippen MR) is 107 cm³/mol. The SMILES string of the molecule is N#Cc1ccc(N2CCN([C@H]3CCCc4cc(CCl)ccc43)CC2)c(F)c1. The average Bonchev–Trinajstić information content (AvgIpc) is 2.73. The Hall–Kier alpha value is -2.09. The lowest BCUT2D eigenvalue weighted by Crippen LogP contribution is -2.48. The van der Waals surface area contributed by atoms with Crippen molar-refractivity contribution in [3.05, 3.63) is 64.5 Å². The predicted octanol–water partition coefficient (Wildman–Crippen LogP) is 4.64. The molecule has 0 spiro atoms. The highest BCUT2D eigenvalue weighted by atomic mass is 35.5. The Bertz CT molecular complexity index is 868. The molecule has 0 N–H and O–H groups in total. The number of benzene rings is 2. The van der Waals surface area contributed by atoms with E-state index in [-0.39, 0.29) is 5.82 Å². The Morgan fingerprint density at radius 1 is 1.11 bits per heavy atom. The van der Waals surface area contributed by atoms with Gasteiger partial charge in [0.15, 0.2) is 0 Å². The monoisotopic (exact) mass is 383 g/mol. The molecule has 0 amide bonds. The van der Waals surface area contributed by atoms with E-state index < -0.39 is 0 Å². The molecule has 0 aromatic heterocycles. The molecule has 1 saturated heterocycles. The quantitative estimate of drug-likeness (QED) is 0.723. The van der Waals surface area contributed by atoms with Crippen LogP contribution in [-0.4, -0.2) is 31.1 Å². The van der Waals surface area contributed by atoms with Gasteiger partial charge in [0.05, 0.1) is 17.3 Å². The molecule has 1 aliphatic carbocycles. The fraction of sp³-hybridized carbons (Fsp3) is 0.409. The van der Waals surface area contributed by atoms with E-state index in [4.69, 9.17) is 16.9 Å². The Labute approximate surface area is 165 Å². The van der Waals surface area contributed by atoms with Crippen LogP contribution >= 0.6 is 11.6 Å². The Morgan fingerprint density at radius 2 is 1.93 bits per heavy atom. The maximum Gasteiger partial charge on any atom is 0.147 e. The van der Waals surface area contributed by atoms with Crippen molar-refractivity contribution in [3.8, 4) is 6.07 Å². The first kappa shape index (κ1) is 18.3. The van der Waals surface area contributed by atoms with Gasteiger partial charge in [0.2, 0.25) is 0 Å². The van der Waals surface area contributed by atoms with Gasteiger partial charge >= 0.3 is 0 Å². The van der Waals surface area contributed by atoms with Crippen molar-refractivity contribution < 1.29 is 4.39 Å². The largest absolute Gasteiger partial charge is 0.367 e. The third-order valence-corrected chi connectivity index (χ3v) is 6.13. The van der Waals surface area contributed by atoms with Gasteiger partial charge in [0, 0.05) is 38.1 Å². The van der Waals surface area contributed by atoms with Gasteiger partial charge in [0.1, 0.15) is 5.82 Å². The van der Waals surface area contributed by atoms with Crippen molar-refractivity contribution in [2.45, 2.75) is 31.2 Å². The van der Waals surface area contributed by atoms with Gasteiger partial charge in [-0.25, -0.2) is 4.39 Å². The first-order valence-electron chi connectivity index (χ1n) is 9.56. The van der Waals surface area contributed by atoms with Gasteiger partial charge < -0.3 is 4.90 Å². The van der Waals surface area contributed by atoms with Crippen LogP contribution in [0.25, 0.3) is 0 Å². The molecule has 1 atom stereocenters. The summed E-state index contributed by atoms with van der Waals surface area (Å²) in [4.78, 5) is 4.63. The van der Waals surface area contributed by atoms with Crippen LogP contribution in [0.5, 0.6) is 0 Å². The molecule has 2 aliphatic rings. The normalized spacial score (nSPS) is 20.2. The van der Waals surface area contributed by atoms with Crippen LogP contribution in [0.2, 0.25) is 0 Å². The van der Waals surface area contributed by atoms with Crippen molar-refractivity contribution in [1.29, 1.82) is 5.26 Å². The number of hydrogen-bond donors (Lipinski definition) is 0. The van der Waals surface area contributed by atoms with Gasteiger partial charge in [-0.15, -0.1) is 11.6 Å². The van der Waals surface area contributed by atoms with Gasteiger partial charge in [-0.2, -0.15) is 5.26 Å². The van der Waals surface area contributed by atoms with Crippen LogP contribution < -0.4 is 4.90 Å². The Balaban J connectivity index is 1.47. The highest BCUT2D eigenvalue weighted by Gasteiger charge is 2.29. The van der Waals surface area contributed by atoms with Crippen molar-refractivity contribution >= 4 is 17.3 Å². The highest BCUT2D eigenvalue weighted by Crippen LogP contribution is 2.36. The number of alkyl halides is 1. The van der Waals surface area contributed by atoms with Crippen LogP contribution in [0.4, 0.5) is 10.1 Å². The molecule has 0 unspecified atom stereocenters. The van der Waals surface area contributed by atoms with Crippen LogP contribution in [0.15, 0.2) is 36.4 Å². The number of piperazine rings is 1. The van der Waals surface area contributed by atoms with Crippen LogP contribution in [0, 0.1) is 17.1 Å². The third-order valence-electron chi connectivity index (χ3n) is 5.82. The minimum absolute atomic E-state index is 0.306. The van der Waals surface area contributed by atoms with Crippen LogP contribution in [0.3, 0.4) is 0 Å². The molecular formula is C22H23ClFN3. The summed E-state index contributed by atoms with van der Waals surface area (Å²) in [6, 6.07) is 13.8. The lowest BCUT2D eigenvalue weighted by Gasteiger charge is -2.42. The van der Waals surface area contributed by atoms with E-state index in [0.717, 1.165) is 32.6 Å². The van der Waals surface area contributed by atoms with Crippen molar-refractivity contribution in [2.24, 2.45) is 0 Å². The summed E-state index contributed by atoms with van der Waals surface area (Å²) in [6.45, 7) is 3.43. The van der Waals surface area contributed by atoms with Crippen molar-refractivity contribution in [3.63, 3.8) is 0 Å². The van der Waals surface area contributed by atoms with E-state index in [9.17, 15) is 4.39 Å². The Morgan fingerprint density at radius 3 is 2.63 bits per heavy atom. The van der Waals surface area contributed by atoms with E-state index in [2.05, 4.69) is 28.0 Å². The Kier molecular flexibility index (Phi) is 5.33.